The Bertz CT molecular complexity index is 211. The number of halogens is 1. The largest absolute Gasteiger partial charge is 0.377 e. The molecular weight excluding hydrogens is 275 g/mol. The second-order valence-corrected chi connectivity index (χ2v) is 3.72. The smallest absolute Gasteiger partial charge is 0.0716 e. The van der Waals surface area contributed by atoms with E-state index in [-0.39, 0.29) is 0 Å². The standard InChI is InChI=1S/C11H14IO/c12-8-4-5-9-13-10-11-6-2-1-3-7-11/h1-3,6-8H,4-5,9-10H2. The molecule has 1 nitrogen and oxygen atoms in total. The molecule has 0 unspecified atom stereocenters. The highest BCUT2D eigenvalue weighted by Gasteiger charge is 1.91. The van der Waals surface area contributed by atoms with Crippen LogP contribution in [0.2, 0.25) is 0 Å². The van der Waals surface area contributed by atoms with Gasteiger partial charge in [-0.2, -0.15) is 0 Å². The van der Waals surface area contributed by atoms with Crippen molar-refractivity contribution in [1.29, 1.82) is 0 Å². The highest BCUT2D eigenvalue weighted by molar-refractivity contribution is 14.1. The number of ether oxygens (including phenoxy) is 1. The van der Waals surface area contributed by atoms with Crippen molar-refractivity contribution in [1.82, 2.24) is 0 Å². The first-order valence-corrected chi connectivity index (χ1v) is 5.71. The van der Waals surface area contributed by atoms with E-state index < -0.39 is 0 Å². The van der Waals surface area contributed by atoms with E-state index in [1.165, 1.54) is 5.56 Å². The van der Waals surface area contributed by atoms with Gasteiger partial charge in [0.25, 0.3) is 0 Å². The minimum absolute atomic E-state index is 0.738. The first-order chi connectivity index (χ1) is 6.43. The maximum atomic E-state index is 5.50. The molecule has 0 atom stereocenters. The quantitative estimate of drug-likeness (QED) is 0.574. The van der Waals surface area contributed by atoms with Crippen molar-refractivity contribution in [2.24, 2.45) is 0 Å². The summed E-state index contributed by atoms with van der Waals surface area (Å²) < 4.78 is 7.64. The second kappa shape index (κ2) is 7.33. The fraction of sp³-hybridized carbons (Fsp3) is 0.364. The van der Waals surface area contributed by atoms with Gasteiger partial charge in [-0.15, -0.1) is 0 Å². The van der Waals surface area contributed by atoms with E-state index in [1.54, 1.807) is 0 Å². The van der Waals surface area contributed by atoms with E-state index in [0.717, 1.165) is 26.1 Å². The lowest BCUT2D eigenvalue weighted by Gasteiger charge is -2.02. The summed E-state index contributed by atoms with van der Waals surface area (Å²) >= 11 is 2.27. The van der Waals surface area contributed by atoms with Gasteiger partial charge in [-0.05, 0) is 18.4 Å². The predicted molar refractivity (Wildman–Crippen MR) is 63.7 cm³/mol. The molecule has 1 rings (SSSR count). The lowest BCUT2D eigenvalue weighted by Crippen LogP contribution is -1.94. The average Bonchev–Trinajstić information content (AvgIpc) is 2.19. The Morgan fingerprint density at radius 1 is 1.23 bits per heavy atom. The van der Waals surface area contributed by atoms with Gasteiger partial charge < -0.3 is 4.74 Å². The Morgan fingerprint density at radius 3 is 2.69 bits per heavy atom. The zero-order chi connectivity index (χ0) is 9.36. The summed E-state index contributed by atoms with van der Waals surface area (Å²) in [6.45, 7) is 1.59. The molecule has 0 amide bonds. The maximum absolute atomic E-state index is 5.50. The Kier molecular flexibility index (Phi) is 6.19. The van der Waals surface area contributed by atoms with Gasteiger partial charge in [0.2, 0.25) is 0 Å². The van der Waals surface area contributed by atoms with Gasteiger partial charge in [-0.1, -0.05) is 52.9 Å². The SMILES string of the molecule is I[CH]CCCOCc1ccccc1. The molecule has 0 aliphatic heterocycles. The monoisotopic (exact) mass is 289 g/mol. The van der Waals surface area contributed by atoms with Crippen molar-refractivity contribution >= 4 is 22.6 Å². The number of unbranched alkanes of at least 4 members (excludes halogenated alkanes) is 1. The summed E-state index contributed by atoms with van der Waals surface area (Å²) in [7, 11) is 0. The molecule has 0 aromatic heterocycles. The minimum atomic E-state index is 0.738. The molecule has 1 aromatic rings. The molecule has 0 saturated carbocycles. The molecule has 0 fully saturated rings. The van der Waals surface area contributed by atoms with Gasteiger partial charge in [-0.3, -0.25) is 0 Å². The molecule has 13 heavy (non-hydrogen) atoms. The van der Waals surface area contributed by atoms with E-state index in [1.807, 2.05) is 18.2 Å². The molecule has 0 aliphatic rings. The Hall–Kier alpha value is -0.0900. The highest BCUT2D eigenvalue weighted by Crippen LogP contribution is 2.03. The molecule has 0 bridgehead atoms. The van der Waals surface area contributed by atoms with Crippen LogP contribution in [0, 0.1) is 4.43 Å². The fourth-order valence-corrected chi connectivity index (χ4v) is 1.47. The van der Waals surface area contributed by atoms with Crippen LogP contribution in [0.15, 0.2) is 30.3 Å². The summed E-state index contributed by atoms with van der Waals surface area (Å²) in [5.74, 6) is 0. The second-order valence-electron chi connectivity index (χ2n) is 2.83. The van der Waals surface area contributed by atoms with Gasteiger partial charge in [0.05, 0.1) is 6.61 Å². The van der Waals surface area contributed by atoms with Gasteiger partial charge in [0, 0.05) is 11.0 Å². The molecular formula is C11H14IO. The van der Waals surface area contributed by atoms with Crippen molar-refractivity contribution < 1.29 is 4.74 Å². The van der Waals surface area contributed by atoms with E-state index in [9.17, 15) is 0 Å². The summed E-state index contributed by atoms with van der Waals surface area (Å²) in [6, 6.07) is 10.3. The summed E-state index contributed by atoms with van der Waals surface area (Å²) in [5, 5.41) is 0. The first kappa shape index (κ1) is 11.0. The number of hydrogen-bond donors (Lipinski definition) is 0. The summed E-state index contributed by atoms with van der Waals surface area (Å²) in [4.78, 5) is 0. The zero-order valence-electron chi connectivity index (χ0n) is 7.58. The highest BCUT2D eigenvalue weighted by atomic mass is 127. The fourth-order valence-electron chi connectivity index (χ4n) is 1.03. The molecule has 0 spiro atoms. The van der Waals surface area contributed by atoms with Crippen molar-refractivity contribution in [3.05, 3.63) is 40.3 Å². The van der Waals surface area contributed by atoms with Crippen molar-refractivity contribution in [2.75, 3.05) is 6.61 Å². The molecule has 1 radical (unpaired) electrons. The van der Waals surface area contributed by atoms with E-state index >= 15 is 0 Å². The number of benzene rings is 1. The van der Waals surface area contributed by atoms with Crippen LogP contribution in [-0.2, 0) is 11.3 Å². The van der Waals surface area contributed by atoms with Crippen LogP contribution >= 0.6 is 22.6 Å². The zero-order valence-corrected chi connectivity index (χ0v) is 9.74. The third-order valence-corrected chi connectivity index (χ3v) is 2.34. The van der Waals surface area contributed by atoms with Crippen molar-refractivity contribution in [2.45, 2.75) is 19.4 Å². The van der Waals surface area contributed by atoms with Gasteiger partial charge in [-0.25, -0.2) is 0 Å². The first-order valence-electron chi connectivity index (χ1n) is 4.47. The van der Waals surface area contributed by atoms with E-state index in [4.69, 9.17) is 4.74 Å². The van der Waals surface area contributed by atoms with Crippen LogP contribution in [0.4, 0.5) is 0 Å². The van der Waals surface area contributed by atoms with Crippen LogP contribution in [0.1, 0.15) is 18.4 Å². The topological polar surface area (TPSA) is 9.23 Å². The van der Waals surface area contributed by atoms with Gasteiger partial charge >= 0.3 is 0 Å². The summed E-state index contributed by atoms with van der Waals surface area (Å²) in [5.41, 5.74) is 1.25. The number of hydrogen-bond acceptors (Lipinski definition) is 1. The Morgan fingerprint density at radius 2 is 2.00 bits per heavy atom. The van der Waals surface area contributed by atoms with Crippen LogP contribution in [0.25, 0.3) is 0 Å². The molecule has 1 aromatic carbocycles. The predicted octanol–water partition coefficient (Wildman–Crippen LogP) is 3.58. The Labute approximate surface area is 93.6 Å². The average molecular weight is 289 g/mol. The minimum Gasteiger partial charge on any atom is -0.377 e. The molecule has 0 N–H and O–H groups in total. The van der Waals surface area contributed by atoms with Crippen molar-refractivity contribution in [3.63, 3.8) is 0 Å². The molecule has 71 valence electrons. The molecule has 0 aliphatic carbocycles. The van der Waals surface area contributed by atoms with Crippen LogP contribution in [0.5, 0.6) is 0 Å². The molecule has 0 saturated heterocycles. The lowest BCUT2D eigenvalue weighted by atomic mass is 10.2. The van der Waals surface area contributed by atoms with Crippen LogP contribution in [0.3, 0.4) is 0 Å². The van der Waals surface area contributed by atoms with Crippen molar-refractivity contribution in [3.8, 4) is 0 Å². The molecule has 0 heterocycles. The lowest BCUT2D eigenvalue weighted by molar-refractivity contribution is 0.119. The summed E-state index contributed by atoms with van der Waals surface area (Å²) in [6.07, 6.45) is 2.26. The normalized spacial score (nSPS) is 10.2. The third-order valence-electron chi connectivity index (χ3n) is 1.71. The van der Waals surface area contributed by atoms with Gasteiger partial charge in [0.1, 0.15) is 0 Å². The third kappa shape index (κ3) is 5.26. The number of rotatable bonds is 6. The Balaban J connectivity index is 2.07. The maximum Gasteiger partial charge on any atom is 0.0716 e. The van der Waals surface area contributed by atoms with Crippen LogP contribution < -0.4 is 0 Å². The van der Waals surface area contributed by atoms with Gasteiger partial charge in [0.15, 0.2) is 0 Å². The van der Waals surface area contributed by atoms with E-state index in [2.05, 4.69) is 39.2 Å². The van der Waals surface area contributed by atoms with Crippen LogP contribution in [-0.4, -0.2) is 6.61 Å². The van der Waals surface area contributed by atoms with E-state index in [0.29, 0.717) is 0 Å². The molecule has 2 heteroatoms.